The lowest BCUT2D eigenvalue weighted by atomic mass is 9.93. The van der Waals surface area contributed by atoms with Crippen molar-refractivity contribution >= 4 is 60.9 Å². The predicted octanol–water partition coefficient (Wildman–Crippen LogP) is 15.0. The zero-order valence-corrected chi connectivity index (χ0v) is 30.8. The number of pyridine rings is 1. The minimum atomic E-state index is 0.881. The van der Waals surface area contributed by atoms with Gasteiger partial charge in [-0.2, -0.15) is 0 Å². The Balaban J connectivity index is 0.983. The van der Waals surface area contributed by atoms with Gasteiger partial charge in [-0.05, 0) is 125 Å². The van der Waals surface area contributed by atoms with Crippen molar-refractivity contribution in [1.82, 2.24) is 4.98 Å². The van der Waals surface area contributed by atoms with Gasteiger partial charge in [-0.15, -0.1) is 0 Å². The highest BCUT2D eigenvalue weighted by molar-refractivity contribution is 6.07. The lowest BCUT2D eigenvalue weighted by Crippen LogP contribution is -2.09. The van der Waals surface area contributed by atoms with E-state index >= 15 is 0 Å². The molecule has 0 fully saturated rings. The summed E-state index contributed by atoms with van der Waals surface area (Å²) in [6.45, 7) is 0. The molecule has 0 amide bonds. The average Bonchev–Trinajstić information content (AvgIpc) is 3.85. The number of para-hydroxylation sites is 4. The third kappa shape index (κ3) is 5.92. The van der Waals surface area contributed by atoms with Crippen LogP contribution in [0.4, 0.5) is 17.1 Å². The van der Waals surface area contributed by atoms with Gasteiger partial charge < -0.3 is 13.7 Å². The maximum absolute atomic E-state index is 6.18. The van der Waals surface area contributed by atoms with E-state index in [2.05, 4.69) is 169 Å². The maximum Gasteiger partial charge on any atom is 0.135 e. The maximum atomic E-state index is 6.18. The molecule has 0 spiro atoms. The minimum absolute atomic E-state index is 0.881. The molecule has 0 saturated carbocycles. The molecule has 0 bridgehead atoms. The normalized spacial score (nSPS) is 11.5. The van der Waals surface area contributed by atoms with Crippen LogP contribution in [0.1, 0.15) is 0 Å². The van der Waals surface area contributed by atoms with Gasteiger partial charge in [-0.25, -0.2) is 0 Å². The van der Waals surface area contributed by atoms with E-state index in [1.54, 1.807) is 0 Å². The number of hydrogen-bond donors (Lipinski definition) is 0. The smallest absolute Gasteiger partial charge is 0.135 e. The zero-order valence-electron chi connectivity index (χ0n) is 30.8. The summed E-state index contributed by atoms with van der Waals surface area (Å²) in [6.07, 6.45) is 1.98. The highest BCUT2D eigenvalue weighted by atomic mass is 16.3. The van der Waals surface area contributed by atoms with Gasteiger partial charge in [0.25, 0.3) is 0 Å². The Hall–Kier alpha value is -7.69. The summed E-state index contributed by atoms with van der Waals surface area (Å²) >= 11 is 0. The van der Waals surface area contributed by atoms with Crippen molar-refractivity contribution in [3.8, 4) is 44.6 Å². The minimum Gasteiger partial charge on any atom is -0.456 e. The fourth-order valence-electron chi connectivity index (χ4n) is 8.06. The van der Waals surface area contributed by atoms with Crippen LogP contribution in [-0.2, 0) is 0 Å². The van der Waals surface area contributed by atoms with Crippen molar-refractivity contribution in [2.75, 3.05) is 4.90 Å². The number of benzene rings is 8. The summed E-state index contributed by atoms with van der Waals surface area (Å²) in [7, 11) is 0. The quantitative estimate of drug-likeness (QED) is 0.164. The molecule has 57 heavy (non-hydrogen) atoms. The van der Waals surface area contributed by atoms with Gasteiger partial charge in [0.05, 0.1) is 5.69 Å². The number of rotatable bonds is 7. The van der Waals surface area contributed by atoms with Gasteiger partial charge in [-0.3, -0.25) is 4.98 Å². The van der Waals surface area contributed by atoms with Crippen LogP contribution in [0.25, 0.3) is 88.5 Å². The van der Waals surface area contributed by atoms with Gasteiger partial charge in [0, 0.05) is 55.9 Å². The van der Waals surface area contributed by atoms with E-state index in [0.717, 1.165) is 106 Å². The fraction of sp³-hybridized carbons (Fsp3) is 0. The van der Waals surface area contributed by atoms with Crippen LogP contribution in [0.2, 0.25) is 0 Å². The molecule has 0 N–H and O–H groups in total. The van der Waals surface area contributed by atoms with Crippen LogP contribution in [0.3, 0.4) is 0 Å². The van der Waals surface area contributed by atoms with E-state index in [1.165, 1.54) is 0 Å². The Kier molecular flexibility index (Phi) is 7.78. The van der Waals surface area contributed by atoms with Crippen LogP contribution in [0.15, 0.2) is 215 Å². The molecular formula is C53H34N2O2. The van der Waals surface area contributed by atoms with E-state index in [1.807, 2.05) is 42.6 Å². The van der Waals surface area contributed by atoms with Crippen LogP contribution in [0, 0.1) is 0 Å². The summed E-state index contributed by atoms with van der Waals surface area (Å²) in [5.74, 6) is 0. The van der Waals surface area contributed by atoms with Crippen LogP contribution >= 0.6 is 0 Å². The van der Waals surface area contributed by atoms with E-state index in [0.29, 0.717) is 0 Å². The lowest BCUT2D eigenvalue weighted by Gasteiger charge is -2.25. The molecule has 4 nitrogen and oxygen atoms in total. The third-order valence-corrected chi connectivity index (χ3v) is 10.9. The number of furan rings is 2. The molecular weight excluding hydrogens is 697 g/mol. The second-order valence-corrected chi connectivity index (χ2v) is 14.4. The molecule has 3 heterocycles. The molecule has 0 unspecified atom stereocenters. The van der Waals surface area contributed by atoms with Crippen LogP contribution in [0.5, 0.6) is 0 Å². The van der Waals surface area contributed by atoms with Crippen molar-refractivity contribution in [3.05, 3.63) is 206 Å². The Labute approximate surface area is 329 Å². The largest absolute Gasteiger partial charge is 0.456 e. The Morgan fingerprint density at radius 1 is 0.298 bits per heavy atom. The number of aromatic nitrogens is 1. The van der Waals surface area contributed by atoms with E-state index < -0.39 is 0 Å². The van der Waals surface area contributed by atoms with Crippen LogP contribution < -0.4 is 4.90 Å². The Morgan fingerprint density at radius 3 is 1.26 bits per heavy atom. The molecule has 11 rings (SSSR count). The van der Waals surface area contributed by atoms with Gasteiger partial charge in [0.2, 0.25) is 0 Å². The standard InChI is InChI=1S/C53H34N2O2/c1-3-11-42(12-4-1)55(43-13-5-2-6-14-43)44-24-19-35(20-25-44)38-21-26-49(54-34-38)41-30-39(36-22-27-52-47(32-36)45-15-7-9-17-50(45)56-52)29-40(31-41)37-23-28-53-48(33-37)46-16-8-10-18-51(46)57-53/h1-34H. The molecule has 0 atom stereocenters. The van der Waals surface area contributed by atoms with Crippen molar-refractivity contribution in [2.45, 2.75) is 0 Å². The SMILES string of the molecule is c1ccc(N(c2ccccc2)c2ccc(-c3ccc(-c4cc(-c5ccc6oc7ccccc7c6c5)cc(-c5ccc6oc7ccccc7c6c5)c4)nc3)cc2)cc1. The van der Waals surface area contributed by atoms with Crippen LogP contribution in [-0.4, -0.2) is 4.98 Å². The highest BCUT2D eigenvalue weighted by Crippen LogP contribution is 2.39. The van der Waals surface area contributed by atoms with Crippen molar-refractivity contribution in [2.24, 2.45) is 0 Å². The summed E-state index contributed by atoms with van der Waals surface area (Å²) in [6, 6.07) is 70.1. The zero-order chi connectivity index (χ0) is 37.7. The highest BCUT2D eigenvalue weighted by Gasteiger charge is 2.15. The second-order valence-electron chi connectivity index (χ2n) is 14.4. The van der Waals surface area contributed by atoms with Gasteiger partial charge in [0.15, 0.2) is 0 Å². The van der Waals surface area contributed by atoms with Crippen molar-refractivity contribution in [1.29, 1.82) is 0 Å². The molecule has 4 heteroatoms. The lowest BCUT2D eigenvalue weighted by molar-refractivity contribution is 0.668. The third-order valence-electron chi connectivity index (χ3n) is 10.9. The van der Waals surface area contributed by atoms with Gasteiger partial charge in [-0.1, -0.05) is 103 Å². The van der Waals surface area contributed by atoms with Crippen molar-refractivity contribution < 1.29 is 8.83 Å². The molecule has 0 aliphatic rings. The first-order chi connectivity index (χ1) is 28.2. The summed E-state index contributed by atoms with van der Waals surface area (Å²) in [4.78, 5) is 7.35. The van der Waals surface area contributed by atoms with E-state index in [4.69, 9.17) is 13.8 Å². The predicted molar refractivity (Wildman–Crippen MR) is 235 cm³/mol. The first-order valence-corrected chi connectivity index (χ1v) is 19.2. The number of fused-ring (bicyclic) bond motifs is 6. The topological polar surface area (TPSA) is 42.4 Å². The van der Waals surface area contributed by atoms with E-state index in [-0.39, 0.29) is 0 Å². The number of anilines is 3. The number of hydrogen-bond acceptors (Lipinski definition) is 4. The Morgan fingerprint density at radius 2 is 0.737 bits per heavy atom. The summed E-state index contributed by atoms with van der Waals surface area (Å²) < 4.78 is 12.4. The molecule has 0 radical (unpaired) electrons. The van der Waals surface area contributed by atoms with Crippen molar-refractivity contribution in [3.63, 3.8) is 0 Å². The van der Waals surface area contributed by atoms with Gasteiger partial charge in [0.1, 0.15) is 22.3 Å². The fourth-order valence-corrected chi connectivity index (χ4v) is 8.06. The first kappa shape index (κ1) is 32.7. The monoisotopic (exact) mass is 730 g/mol. The molecule has 8 aromatic carbocycles. The summed E-state index contributed by atoms with van der Waals surface area (Å²) in [5.41, 5.74) is 15.4. The first-order valence-electron chi connectivity index (χ1n) is 19.2. The Bertz CT molecular complexity index is 3050. The molecule has 0 saturated heterocycles. The molecule has 268 valence electrons. The van der Waals surface area contributed by atoms with Gasteiger partial charge >= 0.3 is 0 Å². The molecule has 11 aromatic rings. The van der Waals surface area contributed by atoms with E-state index in [9.17, 15) is 0 Å². The second kappa shape index (κ2) is 13.6. The average molecular weight is 731 g/mol. The molecule has 0 aliphatic carbocycles. The summed E-state index contributed by atoms with van der Waals surface area (Å²) in [5, 5.41) is 4.43. The molecule has 0 aliphatic heterocycles. The number of nitrogens with zero attached hydrogens (tertiary/aromatic N) is 2. The molecule has 3 aromatic heterocycles.